The highest BCUT2D eigenvalue weighted by Gasteiger charge is 2.27. The van der Waals surface area contributed by atoms with Crippen LogP contribution in [0.25, 0.3) is 0 Å². The number of hydrogen-bond donors (Lipinski definition) is 1. The zero-order valence-corrected chi connectivity index (χ0v) is 14.1. The van der Waals surface area contributed by atoms with Crippen LogP contribution >= 0.6 is 0 Å². The van der Waals surface area contributed by atoms with Crippen molar-refractivity contribution < 1.29 is 9.53 Å². The van der Waals surface area contributed by atoms with Crippen LogP contribution in [0, 0.1) is 11.8 Å². The maximum Gasteiger partial charge on any atom is 0.308 e. The van der Waals surface area contributed by atoms with Crippen LogP contribution in [0.2, 0.25) is 0 Å². The molecule has 1 aromatic heterocycles. The number of ether oxygens (including phenoxy) is 1. The molecule has 0 aromatic carbocycles. The third-order valence-electron chi connectivity index (χ3n) is 5.23. The van der Waals surface area contributed by atoms with Crippen LogP contribution in [0.3, 0.4) is 0 Å². The fourth-order valence-corrected chi connectivity index (χ4v) is 3.81. The molecule has 4 nitrogen and oxygen atoms in total. The molecule has 23 heavy (non-hydrogen) atoms. The van der Waals surface area contributed by atoms with Gasteiger partial charge < -0.3 is 10.1 Å². The Bertz CT molecular complexity index is 536. The van der Waals surface area contributed by atoms with Gasteiger partial charge in [0.2, 0.25) is 0 Å². The van der Waals surface area contributed by atoms with Crippen molar-refractivity contribution in [3.8, 4) is 0 Å². The van der Waals surface area contributed by atoms with E-state index in [1.807, 2.05) is 6.92 Å². The van der Waals surface area contributed by atoms with Crippen LogP contribution in [0.15, 0.2) is 12.1 Å². The maximum atomic E-state index is 11.8. The van der Waals surface area contributed by atoms with Crippen molar-refractivity contribution in [1.82, 2.24) is 4.98 Å². The second-order valence-electron chi connectivity index (χ2n) is 6.85. The fraction of sp³-hybridized carbons (Fsp3) is 0.684. The summed E-state index contributed by atoms with van der Waals surface area (Å²) in [6.45, 7) is 3.42. The number of anilines is 1. The summed E-state index contributed by atoms with van der Waals surface area (Å²) in [4.78, 5) is 16.6. The van der Waals surface area contributed by atoms with Gasteiger partial charge in [0.15, 0.2) is 0 Å². The van der Waals surface area contributed by atoms with Gasteiger partial charge in [0.25, 0.3) is 0 Å². The Morgan fingerprint density at radius 2 is 2.13 bits per heavy atom. The van der Waals surface area contributed by atoms with Gasteiger partial charge in [0.1, 0.15) is 5.82 Å². The topological polar surface area (TPSA) is 51.2 Å². The van der Waals surface area contributed by atoms with E-state index < -0.39 is 0 Å². The average Bonchev–Trinajstić information content (AvgIpc) is 2.60. The number of carbonyl (C=O) groups is 1. The Labute approximate surface area is 139 Å². The van der Waals surface area contributed by atoms with E-state index in [4.69, 9.17) is 9.72 Å². The van der Waals surface area contributed by atoms with Gasteiger partial charge in [-0.05, 0) is 75.8 Å². The van der Waals surface area contributed by atoms with E-state index in [2.05, 4.69) is 17.4 Å². The number of esters is 1. The van der Waals surface area contributed by atoms with Crippen molar-refractivity contribution in [2.45, 2.75) is 58.3 Å². The number of aromatic nitrogens is 1. The third kappa shape index (κ3) is 4.24. The number of hydrogen-bond acceptors (Lipinski definition) is 4. The summed E-state index contributed by atoms with van der Waals surface area (Å²) in [5.74, 6) is 1.97. The van der Waals surface area contributed by atoms with Gasteiger partial charge in [-0.1, -0.05) is 6.07 Å². The molecule has 2 heterocycles. The van der Waals surface area contributed by atoms with E-state index in [0.717, 1.165) is 56.8 Å². The highest BCUT2D eigenvalue weighted by molar-refractivity contribution is 5.72. The highest BCUT2D eigenvalue weighted by atomic mass is 16.5. The summed E-state index contributed by atoms with van der Waals surface area (Å²) in [7, 11) is 0. The number of pyridine rings is 1. The van der Waals surface area contributed by atoms with Crippen LogP contribution in [0.4, 0.5) is 5.82 Å². The summed E-state index contributed by atoms with van der Waals surface area (Å²) in [6, 6.07) is 4.43. The van der Waals surface area contributed by atoms with E-state index in [1.54, 1.807) is 0 Å². The van der Waals surface area contributed by atoms with Crippen molar-refractivity contribution in [2.75, 3.05) is 18.5 Å². The normalized spacial score (nSPS) is 23.7. The summed E-state index contributed by atoms with van der Waals surface area (Å²) in [5.41, 5.74) is 2.56. The predicted molar refractivity (Wildman–Crippen MR) is 91.4 cm³/mol. The minimum Gasteiger partial charge on any atom is -0.466 e. The van der Waals surface area contributed by atoms with Crippen molar-refractivity contribution in [3.05, 3.63) is 23.4 Å². The summed E-state index contributed by atoms with van der Waals surface area (Å²) in [5, 5.41) is 3.41. The van der Waals surface area contributed by atoms with Crippen molar-refractivity contribution >= 4 is 11.8 Å². The third-order valence-corrected chi connectivity index (χ3v) is 5.23. The van der Waals surface area contributed by atoms with Crippen LogP contribution < -0.4 is 5.32 Å². The predicted octanol–water partition coefficient (Wildman–Crippen LogP) is 3.74. The van der Waals surface area contributed by atoms with Gasteiger partial charge in [-0.2, -0.15) is 0 Å². The first-order valence-corrected chi connectivity index (χ1v) is 9.15. The Hall–Kier alpha value is -1.58. The van der Waals surface area contributed by atoms with Crippen LogP contribution in [-0.4, -0.2) is 24.1 Å². The molecule has 0 unspecified atom stereocenters. The Kier molecular flexibility index (Phi) is 5.52. The average molecular weight is 316 g/mol. The molecular formula is C19H28N2O2. The molecular weight excluding hydrogens is 288 g/mol. The first-order valence-electron chi connectivity index (χ1n) is 9.15. The van der Waals surface area contributed by atoms with Gasteiger partial charge >= 0.3 is 5.97 Å². The molecule has 1 N–H and O–H groups in total. The number of carbonyl (C=O) groups excluding carboxylic acids is 1. The lowest BCUT2D eigenvalue weighted by Crippen LogP contribution is -2.24. The van der Waals surface area contributed by atoms with Gasteiger partial charge in [-0.3, -0.25) is 4.79 Å². The standard InChI is InChI=1S/C19H28N2O2/c1-2-23-19(22)16-8-5-14(6-9-16)7-11-17-12-10-15-4-3-13-20-18(15)21-17/h10,12,14,16H,2-9,11,13H2,1H3,(H,20,21). The van der Waals surface area contributed by atoms with Gasteiger partial charge in [0, 0.05) is 12.2 Å². The number of fused-ring (bicyclic) bond motifs is 1. The molecule has 1 fully saturated rings. The Morgan fingerprint density at radius 1 is 1.30 bits per heavy atom. The zero-order valence-electron chi connectivity index (χ0n) is 14.1. The quantitative estimate of drug-likeness (QED) is 0.841. The van der Waals surface area contributed by atoms with E-state index in [0.29, 0.717) is 6.61 Å². The largest absolute Gasteiger partial charge is 0.466 e. The summed E-state index contributed by atoms with van der Waals surface area (Å²) < 4.78 is 5.14. The van der Waals surface area contributed by atoms with E-state index in [1.165, 1.54) is 24.1 Å². The second-order valence-corrected chi connectivity index (χ2v) is 6.85. The molecule has 1 aliphatic carbocycles. The molecule has 0 spiro atoms. The Morgan fingerprint density at radius 3 is 2.91 bits per heavy atom. The van der Waals surface area contributed by atoms with E-state index in [-0.39, 0.29) is 11.9 Å². The lowest BCUT2D eigenvalue weighted by atomic mass is 9.80. The molecule has 3 rings (SSSR count). The van der Waals surface area contributed by atoms with Crippen LogP contribution in [-0.2, 0) is 22.4 Å². The van der Waals surface area contributed by atoms with Gasteiger partial charge in [-0.15, -0.1) is 0 Å². The van der Waals surface area contributed by atoms with Crippen LogP contribution in [0.5, 0.6) is 0 Å². The lowest BCUT2D eigenvalue weighted by Gasteiger charge is -2.27. The van der Waals surface area contributed by atoms with E-state index in [9.17, 15) is 4.79 Å². The minimum absolute atomic E-state index is 0.00776. The molecule has 1 aromatic rings. The number of nitrogens with zero attached hydrogens (tertiary/aromatic N) is 1. The lowest BCUT2D eigenvalue weighted by molar-refractivity contribution is -0.149. The number of rotatable bonds is 5. The van der Waals surface area contributed by atoms with Gasteiger partial charge in [0.05, 0.1) is 12.5 Å². The zero-order chi connectivity index (χ0) is 16.1. The van der Waals surface area contributed by atoms with Crippen LogP contribution in [0.1, 0.15) is 56.7 Å². The minimum atomic E-state index is 0.00776. The van der Waals surface area contributed by atoms with Crippen molar-refractivity contribution in [2.24, 2.45) is 11.8 Å². The molecule has 0 amide bonds. The molecule has 126 valence electrons. The monoisotopic (exact) mass is 316 g/mol. The first-order chi connectivity index (χ1) is 11.3. The molecule has 2 aliphatic rings. The van der Waals surface area contributed by atoms with E-state index >= 15 is 0 Å². The molecule has 0 saturated heterocycles. The SMILES string of the molecule is CCOC(=O)C1CCC(CCc2ccc3c(n2)NCCC3)CC1. The fourth-order valence-electron chi connectivity index (χ4n) is 3.81. The molecule has 0 radical (unpaired) electrons. The first kappa shape index (κ1) is 16.3. The molecule has 4 heteroatoms. The molecule has 0 bridgehead atoms. The summed E-state index contributed by atoms with van der Waals surface area (Å²) >= 11 is 0. The van der Waals surface area contributed by atoms with Crippen molar-refractivity contribution in [1.29, 1.82) is 0 Å². The Balaban J connectivity index is 1.45. The highest BCUT2D eigenvalue weighted by Crippen LogP contribution is 2.32. The van der Waals surface area contributed by atoms with Crippen molar-refractivity contribution in [3.63, 3.8) is 0 Å². The smallest absolute Gasteiger partial charge is 0.308 e. The maximum absolute atomic E-state index is 11.8. The second kappa shape index (κ2) is 7.80. The molecule has 1 aliphatic heterocycles. The number of nitrogens with one attached hydrogen (secondary N) is 1. The molecule has 0 atom stereocenters. The molecule has 1 saturated carbocycles. The number of aryl methyl sites for hydroxylation is 2. The summed E-state index contributed by atoms with van der Waals surface area (Å²) in [6.07, 6.45) is 8.85. The van der Waals surface area contributed by atoms with Gasteiger partial charge in [-0.25, -0.2) is 4.98 Å².